The van der Waals surface area contributed by atoms with Crippen LogP contribution >= 0.6 is 27.3 Å². The molecule has 1 fully saturated rings. The third-order valence-corrected chi connectivity index (χ3v) is 7.29. The van der Waals surface area contributed by atoms with Crippen molar-refractivity contribution in [2.75, 3.05) is 13.1 Å². The molecule has 112 valence electrons. The summed E-state index contributed by atoms with van der Waals surface area (Å²) in [6.07, 6.45) is 1.06. The lowest BCUT2D eigenvalue weighted by Crippen LogP contribution is -2.48. The average molecular weight is 382 g/mol. The normalized spacial score (nSPS) is 24.8. The van der Waals surface area contributed by atoms with Gasteiger partial charge in [-0.1, -0.05) is 0 Å². The van der Waals surface area contributed by atoms with Crippen molar-refractivity contribution in [1.82, 2.24) is 4.31 Å². The molecule has 0 amide bonds. The molecule has 1 unspecified atom stereocenters. The first-order chi connectivity index (χ1) is 9.17. The molecule has 2 heterocycles. The quantitative estimate of drug-likeness (QED) is 0.872. The number of carbonyl (C=O) groups is 1. The van der Waals surface area contributed by atoms with Gasteiger partial charge in [-0.2, -0.15) is 4.31 Å². The van der Waals surface area contributed by atoms with Crippen LogP contribution < -0.4 is 0 Å². The Morgan fingerprint density at radius 1 is 1.55 bits per heavy atom. The smallest absolute Gasteiger partial charge is 0.310 e. The van der Waals surface area contributed by atoms with Crippen LogP contribution in [0.3, 0.4) is 0 Å². The molecule has 0 saturated carbocycles. The van der Waals surface area contributed by atoms with Gasteiger partial charge in [0.1, 0.15) is 0 Å². The molecule has 1 aliphatic rings. The Labute approximate surface area is 130 Å². The SMILES string of the molecule is Cc1sc(Br)cc1S(=O)(=O)N1CCCC(C)(C(=O)O)C1. The summed E-state index contributed by atoms with van der Waals surface area (Å²) < 4.78 is 27.4. The number of nitrogens with zero attached hydrogens (tertiary/aromatic N) is 1. The van der Waals surface area contributed by atoms with Gasteiger partial charge in [0.25, 0.3) is 0 Å². The number of hydrogen-bond donors (Lipinski definition) is 1. The Balaban J connectivity index is 2.35. The van der Waals surface area contributed by atoms with Crippen molar-refractivity contribution in [3.8, 4) is 0 Å². The topological polar surface area (TPSA) is 74.7 Å². The van der Waals surface area contributed by atoms with Crippen LogP contribution in [0.1, 0.15) is 24.6 Å². The molecule has 2 rings (SSSR count). The molecule has 8 heteroatoms. The maximum absolute atomic E-state index is 12.7. The van der Waals surface area contributed by atoms with Crippen molar-refractivity contribution in [3.05, 3.63) is 14.7 Å². The van der Waals surface area contributed by atoms with E-state index in [2.05, 4.69) is 15.9 Å². The number of halogens is 1. The van der Waals surface area contributed by atoms with E-state index in [9.17, 15) is 18.3 Å². The molecule has 0 radical (unpaired) electrons. The first kappa shape index (κ1) is 15.9. The number of thiophene rings is 1. The van der Waals surface area contributed by atoms with Crippen LogP contribution in [0, 0.1) is 12.3 Å². The van der Waals surface area contributed by atoms with Crippen molar-refractivity contribution in [1.29, 1.82) is 0 Å². The third kappa shape index (κ3) is 2.79. The summed E-state index contributed by atoms with van der Waals surface area (Å²) in [6, 6.07) is 1.59. The highest BCUT2D eigenvalue weighted by atomic mass is 79.9. The van der Waals surface area contributed by atoms with Crippen LogP contribution in [0.5, 0.6) is 0 Å². The van der Waals surface area contributed by atoms with Crippen LogP contribution in [0.25, 0.3) is 0 Å². The fourth-order valence-electron chi connectivity index (χ4n) is 2.40. The van der Waals surface area contributed by atoms with E-state index in [4.69, 9.17) is 0 Å². The van der Waals surface area contributed by atoms with Crippen molar-refractivity contribution < 1.29 is 18.3 Å². The summed E-state index contributed by atoms with van der Waals surface area (Å²) in [7, 11) is -3.63. The van der Waals surface area contributed by atoms with E-state index in [-0.39, 0.29) is 11.4 Å². The highest BCUT2D eigenvalue weighted by molar-refractivity contribution is 9.11. The number of carboxylic acid groups (broad SMARTS) is 1. The Morgan fingerprint density at radius 2 is 2.20 bits per heavy atom. The summed E-state index contributed by atoms with van der Waals surface area (Å²) in [5.74, 6) is -0.944. The molecule has 0 bridgehead atoms. The Kier molecular flexibility index (Phi) is 4.30. The van der Waals surface area contributed by atoms with Crippen molar-refractivity contribution in [3.63, 3.8) is 0 Å². The van der Waals surface area contributed by atoms with E-state index < -0.39 is 21.4 Å². The predicted octanol–water partition coefficient (Wildman–Crippen LogP) is 2.69. The fraction of sp³-hybridized carbons (Fsp3) is 0.583. The molecule has 5 nitrogen and oxygen atoms in total. The van der Waals surface area contributed by atoms with Gasteiger partial charge in [0.2, 0.25) is 10.0 Å². The van der Waals surface area contributed by atoms with Crippen LogP contribution in [-0.4, -0.2) is 36.9 Å². The summed E-state index contributed by atoms with van der Waals surface area (Å²) in [4.78, 5) is 12.3. The van der Waals surface area contributed by atoms with E-state index in [1.807, 2.05) is 0 Å². The minimum atomic E-state index is -3.63. The summed E-state index contributed by atoms with van der Waals surface area (Å²) in [5.41, 5.74) is -1.01. The van der Waals surface area contributed by atoms with Gasteiger partial charge < -0.3 is 5.11 Å². The van der Waals surface area contributed by atoms with E-state index in [0.717, 1.165) is 3.79 Å². The second-order valence-corrected chi connectivity index (χ2v) is 9.82. The zero-order chi connectivity index (χ0) is 15.1. The standard InChI is InChI=1S/C12H16BrNO4S2/c1-8-9(6-10(13)19-8)20(17,18)14-5-3-4-12(2,7-14)11(15)16/h6H,3-5,7H2,1-2H3,(H,15,16). The van der Waals surface area contributed by atoms with Gasteiger partial charge in [-0.3, -0.25) is 4.79 Å². The molecule has 0 spiro atoms. The van der Waals surface area contributed by atoms with Gasteiger partial charge in [-0.05, 0) is 48.7 Å². The number of carboxylic acids is 1. The lowest BCUT2D eigenvalue weighted by atomic mass is 9.83. The van der Waals surface area contributed by atoms with Crippen molar-refractivity contribution in [2.45, 2.75) is 31.6 Å². The van der Waals surface area contributed by atoms with E-state index in [0.29, 0.717) is 24.3 Å². The van der Waals surface area contributed by atoms with Gasteiger partial charge in [-0.15, -0.1) is 11.3 Å². The number of rotatable bonds is 3. The Bertz CT molecular complexity index is 640. The first-order valence-corrected chi connectivity index (χ1v) is 9.21. The van der Waals surface area contributed by atoms with E-state index in [1.54, 1.807) is 19.9 Å². The fourth-order valence-corrected chi connectivity index (χ4v) is 6.38. The van der Waals surface area contributed by atoms with Gasteiger partial charge in [0.05, 0.1) is 14.1 Å². The van der Waals surface area contributed by atoms with E-state index >= 15 is 0 Å². The summed E-state index contributed by atoms with van der Waals surface area (Å²) >= 11 is 4.65. The molecule has 1 saturated heterocycles. The van der Waals surface area contributed by atoms with Gasteiger partial charge in [0.15, 0.2) is 0 Å². The number of aryl methyl sites for hydroxylation is 1. The average Bonchev–Trinajstić information content (AvgIpc) is 2.69. The molecule has 1 aliphatic heterocycles. The Hall–Kier alpha value is -0.440. The molecular weight excluding hydrogens is 366 g/mol. The Morgan fingerprint density at radius 3 is 2.70 bits per heavy atom. The minimum Gasteiger partial charge on any atom is -0.481 e. The van der Waals surface area contributed by atoms with Gasteiger partial charge >= 0.3 is 5.97 Å². The number of hydrogen-bond acceptors (Lipinski definition) is 4. The van der Waals surface area contributed by atoms with Gasteiger partial charge in [-0.25, -0.2) is 8.42 Å². The highest BCUT2D eigenvalue weighted by Crippen LogP contribution is 2.36. The molecule has 1 N–H and O–H groups in total. The summed E-state index contributed by atoms with van der Waals surface area (Å²) in [5, 5.41) is 9.28. The lowest BCUT2D eigenvalue weighted by molar-refractivity contribution is -0.150. The monoisotopic (exact) mass is 381 g/mol. The molecule has 0 aromatic carbocycles. The molecule has 0 aliphatic carbocycles. The van der Waals surface area contributed by atoms with Crippen LogP contribution in [-0.2, 0) is 14.8 Å². The van der Waals surface area contributed by atoms with Crippen molar-refractivity contribution >= 4 is 43.3 Å². The van der Waals surface area contributed by atoms with E-state index in [1.165, 1.54) is 15.6 Å². The van der Waals surface area contributed by atoms with Crippen LogP contribution in [0.4, 0.5) is 0 Å². The molecule has 1 atom stereocenters. The zero-order valence-corrected chi connectivity index (χ0v) is 14.4. The maximum atomic E-state index is 12.7. The van der Waals surface area contributed by atoms with Gasteiger partial charge in [0, 0.05) is 18.0 Å². The van der Waals surface area contributed by atoms with Crippen LogP contribution in [0.2, 0.25) is 0 Å². The predicted molar refractivity (Wildman–Crippen MR) is 80.5 cm³/mol. The minimum absolute atomic E-state index is 0.0254. The van der Waals surface area contributed by atoms with Crippen molar-refractivity contribution in [2.24, 2.45) is 5.41 Å². The third-order valence-electron chi connectivity index (χ3n) is 3.64. The number of sulfonamides is 1. The molecule has 20 heavy (non-hydrogen) atoms. The number of aliphatic carboxylic acids is 1. The largest absolute Gasteiger partial charge is 0.481 e. The zero-order valence-electron chi connectivity index (χ0n) is 11.2. The maximum Gasteiger partial charge on any atom is 0.310 e. The second kappa shape index (κ2) is 5.40. The molecular formula is C12H16BrNO4S2. The highest BCUT2D eigenvalue weighted by Gasteiger charge is 2.42. The van der Waals surface area contributed by atoms with Crippen LogP contribution in [0.15, 0.2) is 14.7 Å². The number of piperidine rings is 1. The summed E-state index contributed by atoms with van der Waals surface area (Å²) in [6.45, 7) is 3.76. The second-order valence-electron chi connectivity index (χ2n) is 5.28. The first-order valence-electron chi connectivity index (χ1n) is 6.16. The molecule has 1 aromatic rings. The molecule has 1 aromatic heterocycles. The lowest BCUT2D eigenvalue weighted by Gasteiger charge is -2.36.